The largest absolute Gasteiger partial charge is 0.463 e. The number of hydrogen-bond donors (Lipinski definition) is 3. The molecule has 2 fully saturated rings. The van der Waals surface area contributed by atoms with Gasteiger partial charge in [-0.15, -0.1) is 0 Å². The van der Waals surface area contributed by atoms with Gasteiger partial charge in [0, 0.05) is 13.1 Å². The fourth-order valence-electron chi connectivity index (χ4n) is 4.87. The molecule has 9 heteroatoms. The van der Waals surface area contributed by atoms with Gasteiger partial charge in [-0.1, -0.05) is 12.5 Å². The highest BCUT2D eigenvalue weighted by Gasteiger charge is 2.50. The standard InChI is InChI=1S/C24H27FN4O4/c1-14-6-7-17(16(25)11-14)27-21-19(20-15(8-10-33-20)22(30)28(21)2)23(31)29-12-24(32,13-29)18-5-3-4-9-26-18/h6-8,10-11,18,26-27,32H,3-5,9,12-13H2,1-2H3. The number of anilines is 2. The third kappa shape index (κ3) is 3.61. The second-order valence-electron chi connectivity index (χ2n) is 9.13. The normalized spacial score (nSPS) is 20.0. The zero-order valence-corrected chi connectivity index (χ0v) is 18.7. The zero-order chi connectivity index (χ0) is 23.3. The van der Waals surface area contributed by atoms with Gasteiger partial charge in [-0.05, 0) is 50.1 Å². The molecule has 2 aliphatic heterocycles. The number of benzene rings is 1. The van der Waals surface area contributed by atoms with E-state index in [1.54, 1.807) is 19.1 Å². The summed E-state index contributed by atoms with van der Waals surface area (Å²) < 4.78 is 21.4. The summed E-state index contributed by atoms with van der Waals surface area (Å²) in [5, 5.41) is 17.6. The van der Waals surface area contributed by atoms with Crippen molar-refractivity contribution in [1.82, 2.24) is 14.8 Å². The van der Waals surface area contributed by atoms with Gasteiger partial charge in [-0.2, -0.15) is 0 Å². The maximum absolute atomic E-state index is 14.6. The third-order valence-corrected chi connectivity index (χ3v) is 6.77. The average molecular weight is 455 g/mol. The highest BCUT2D eigenvalue weighted by Crippen LogP contribution is 2.34. The number of piperidine rings is 1. The van der Waals surface area contributed by atoms with Crippen LogP contribution in [0, 0.1) is 12.7 Å². The van der Waals surface area contributed by atoms with E-state index < -0.39 is 11.4 Å². The van der Waals surface area contributed by atoms with Crippen LogP contribution in [-0.2, 0) is 7.05 Å². The average Bonchev–Trinajstić information content (AvgIpc) is 3.27. The van der Waals surface area contributed by atoms with Crippen LogP contribution in [0.4, 0.5) is 15.9 Å². The second-order valence-corrected chi connectivity index (χ2v) is 9.13. The molecule has 0 bridgehead atoms. The van der Waals surface area contributed by atoms with Crippen LogP contribution in [0.15, 0.2) is 39.7 Å². The Kier molecular flexibility index (Phi) is 5.25. The van der Waals surface area contributed by atoms with Gasteiger partial charge in [-0.25, -0.2) is 4.39 Å². The van der Waals surface area contributed by atoms with Gasteiger partial charge in [0.1, 0.15) is 22.8 Å². The van der Waals surface area contributed by atoms with Crippen molar-refractivity contribution in [2.75, 3.05) is 25.0 Å². The van der Waals surface area contributed by atoms with Gasteiger partial charge in [-0.3, -0.25) is 14.2 Å². The number of likely N-dealkylation sites (tertiary alicyclic amines) is 1. The number of aromatic nitrogens is 1. The van der Waals surface area contributed by atoms with E-state index in [1.807, 2.05) is 0 Å². The smallest absolute Gasteiger partial charge is 0.263 e. The molecule has 0 radical (unpaired) electrons. The lowest BCUT2D eigenvalue weighted by atomic mass is 9.81. The van der Waals surface area contributed by atoms with Crippen LogP contribution in [0.25, 0.3) is 11.0 Å². The van der Waals surface area contributed by atoms with E-state index in [4.69, 9.17) is 4.42 Å². The highest BCUT2D eigenvalue weighted by atomic mass is 19.1. The fraction of sp³-hybridized carbons (Fsp3) is 0.417. The number of rotatable bonds is 4. The first-order valence-corrected chi connectivity index (χ1v) is 11.2. The number of pyridine rings is 1. The lowest BCUT2D eigenvalue weighted by molar-refractivity contribution is -0.108. The summed E-state index contributed by atoms with van der Waals surface area (Å²) in [6.07, 6.45) is 4.34. The molecular formula is C24H27FN4O4. The van der Waals surface area contributed by atoms with E-state index >= 15 is 0 Å². The van der Waals surface area contributed by atoms with E-state index in [1.165, 1.54) is 34.9 Å². The van der Waals surface area contributed by atoms with Crippen LogP contribution >= 0.6 is 0 Å². The van der Waals surface area contributed by atoms with Crippen LogP contribution in [0.2, 0.25) is 0 Å². The topological polar surface area (TPSA) is 99.7 Å². The van der Waals surface area contributed by atoms with Crippen LogP contribution in [0.5, 0.6) is 0 Å². The van der Waals surface area contributed by atoms with Crippen molar-refractivity contribution < 1.29 is 18.7 Å². The van der Waals surface area contributed by atoms with Crippen LogP contribution in [0.3, 0.4) is 0 Å². The predicted octanol–water partition coefficient (Wildman–Crippen LogP) is 2.65. The summed E-state index contributed by atoms with van der Waals surface area (Å²) in [5.41, 5.74) is -0.185. The molecular weight excluding hydrogens is 427 g/mol. The number of carbonyl (C=O) groups excluding carboxylic acids is 1. The van der Waals surface area contributed by atoms with Gasteiger partial charge in [0.2, 0.25) is 0 Å². The van der Waals surface area contributed by atoms with E-state index in [0.717, 1.165) is 31.4 Å². The number of aryl methyl sites for hydroxylation is 1. The molecule has 1 atom stereocenters. The molecule has 2 aromatic heterocycles. The Morgan fingerprint density at radius 3 is 2.79 bits per heavy atom. The Morgan fingerprint density at radius 1 is 1.30 bits per heavy atom. The van der Waals surface area contributed by atoms with Crippen LogP contribution in [0.1, 0.15) is 35.2 Å². The Labute approximate surface area is 190 Å². The van der Waals surface area contributed by atoms with Crippen molar-refractivity contribution in [3.8, 4) is 0 Å². The third-order valence-electron chi connectivity index (χ3n) is 6.77. The number of hydrogen-bond acceptors (Lipinski definition) is 6. The molecule has 8 nitrogen and oxygen atoms in total. The lowest BCUT2D eigenvalue weighted by Crippen LogP contribution is -2.72. The predicted molar refractivity (Wildman–Crippen MR) is 122 cm³/mol. The SMILES string of the molecule is Cc1ccc(Nc2c(C(=O)N3CC(O)(C4CCCCN4)C3)c3occc3c(=O)n2C)c(F)c1. The summed E-state index contributed by atoms with van der Waals surface area (Å²) in [6.45, 7) is 2.98. The molecule has 2 aliphatic rings. The van der Waals surface area contributed by atoms with Crippen molar-refractivity contribution in [3.05, 3.63) is 57.8 Å². The van der Waals surface area contributed by atoms with Gasteiger partial charge >= 0.3 is 0 Å². The minimum atomic E-state index is -0.990. The summed E-state index contributed by atoms with van der Waals surface area (Å²) in [7, 11) is 1.53. The highest BCUT2D eigenvalue weighted by molar-refractivity contribution is 6.09. The van der Waals surface area contributed by atoms with Crippen molar-refractivity contribution in [1.29, 1.82) is 0 Å². The zero-order valence-electron chi connectivity index (χ0n) is 18.7. The molecule has 0 spiro atoms. The maximum Gasteiger partial charge on any atom is 0.263 e. The fourth-order valence-corrected chi connectivity index (χ4v) is 4.87. The summed E-state index contributed by atoms with van der Waals surface area (Å²) in [5.74, 6) is -0.746. The molecule has 5 rings (SSSR count). The number of fused-ring (bicyclic) bond motifs is 1. The van der Waals surface area contributed by atoms with Crippen molar-refractivity contribution in [2.45, 2.75) is 37.8 Å². The molecule has 33 heavy (non-hydrogen) atoms. The number of carbonyl (C=O) groups is 1. The number of β-amino-alcohol motifs (C(OH)–C–C–N with tert-alkyl or cyclic N) is 1. The number of nitrogens with zero attached hydrogens (tertiary/aromatic N) is 2. The van der Waals surface area contributed by atoms with Crippen molar-refractivity contribution in [2.24, 2.45) is 7.05 Å². The maximum atomic E-state index is 14.6. The Morgan fingerprint density at radius 2 is 2.09 bits per heavy atom. The number of halogens is 1. The quantitative estimate of drug-likeness (QED) is 0.561. The van der Waals surface area contributed by atoms with Crippen molar-refractivity contribution >= 4 is 28.4 Å². The summed E-state index contributed by atoms with van der Waals surface area (Å²) in [6, 6.07) is 6.14. The molecule has 2 saturated heterocycles. The molecule has 1 aromatic carbocycles. The van der Waals surface area contributed by atoms with Crippen molar-refractivity contribution in [3.63, 3.8) is 0 Å². The minimum Gasteiger partial charge on any atom is -0.463 e. The molecule has 0 aliphatic carbocycles. The van der Waals surface area contributed by atoms with Gasteiger partial charge in [0.15, 0.2) is 5.58 Å². The van der Waals surface area contributed by atoms with Crippen LogP contribution in [-0.4, -0.2) is 51.8 Å². The first-order valence-electron chi connectivity index (χ1n) is 11.2. The van der Waals surface area contributed by atoms with Gasteiger partial charge < -0.3 is 25.1 Å². The second kappa shape index (κ2) is 8.00. The molecule has 3 N–H and O–H groups in total. The summed E-state index contributed by atoms with van der Waals surface area (Å²) in [4.78, 5) is 28.0. The first kappa shape index (κ1) is 21.7. The first-order chi connectivity index (χ1) is 15.8. The van der Waals surface area contributed by atoms with Crippen LogP contribution < -0.4 is 16.2 Å². The molecule has 1 unspecified atom stereocenters. The monoisotopic (exact) mass is 454 g/mol. The Bertz CT molecular complexity index is 1290. The van der Waals surface area contributed by atoms with E-state index in [9.17, 15) is 19.1 Å². The molecule has 1 amide bonds. The van der Waals surface area contributed by atoms with E-state index in [0.29, 0.717) is 0 Å². The molecule has 3 aromatic rings. The van der Waals surface area contributed by atoms with E-state index in [-0.39, 0.29) is 58.6 Å². The molecule has 4 heterocycles. The van der Waals surface area contributed by atoms with E-state index in [2.05, 4.69) is 10.6 Å². The number of nitrogens with one attached hydrogen (secondary N) is 2. The van der Waals surface area contributed by atoms with Gasteiger partial charge in [0.25, 0.3) is 11.5 Å². The Hall–Kier alpha value is -3.17. The Balaban J connectivity index is 1.52. The minimum absolute atomic E-state index is 0.0571. The molecule has 0 saturated carbocycles. The number of amides is 1. The lowest BCUT2D eigenvalue weighted by Gasteiger charge is -2.51. The number of aliphatic hydroxyl groups is 1. The number of furan rings is 1. The summed E-state index contributed by atoms with van der Waals surface area (Å²) >= 11 is 0. The van der Waals surface area contributed by atoms with Gasteiger partial charge in [0.05, 0.1) is 30.4 Å². The molecule has 174 valence electrons.